The van der Waals surface area contributed by atoms with E-state index in [1.807, 2.05) is 19.9 Å². The highest BCUT2D eigenvalue weighted by atomic mass is 32.1. The van der Waals surface area contributed by atoms with E-state index in [1.165, 1.54) is 5.38 Å². The second-order valence-corrected chi connectivity index (χ2v) is 5.70. The lowest BCUT2D eigenvalue weighted by atomic mass is 10.1. The molecule has 1 aromatic carbocycles. The molecule has 0 spiro atoms. The lowest BCUT2D eigenvalue weighted by molar-refractivity contribution is -0.137. The number of ketones is 1. The fourth-order valence-corrected chi connectivity index (χ4v) is 2.47. The van der Waals surface area contributed by atoms with Crippen LogP contribution >= 0.6 is 11.3 Å². The molecule has 0 fully saturated rings. The van der Waals surface area contributed by atoms with Crippen LogP contribution in [-0.2, 0) is 9.53 Å². The number of carbonyl (C=O) groups is 3. The second-order valence-electron chi connectivity index (χ2n) is 4.84. The molecule has 1 aromatic heterocycles. The second kappa shape index (κ2) is 7.15. The molecule has 0 radical (unpaired) electrons. The molecule has 7 heteroatoms. The van der Waals surface area contributed by atoms with Gasteiger partial charge in [-0.15, -0.1) is 11.3 Å². The molecule has 6 nitrogen and oxygen atoms in total. The van der Waals surface area contributed by atoms with Crippen molar-refractivity contribution < 1.29 is 19.1 Å². The molecule has 0 saturated heterocycles. The average molecular weight is 332 g/mol. The van der Waals surface area contributed by atoms with Crippen molar-refractivity contribution in [3.05, 3.63) is 46.0 Å². The number of aromatic nitrogens is 1. The van der Waals surface area contributed by atoms with Gasteiger partial charge in [-0.3, -0.25) is 14.9 Å². The first-order valence-electron chi connectivity index (χ1n) is 6.98. The van der Waals surface area contributed by atoms with Crippen molar-refractivity contribution in [2.45, 2.75) is 20.8 Å². The van der Waals surface area contributed by atoms with Crippen LogP contribution in [-0.4, -0.2) is 29.3 Å². The lowest BCUT2D eigenvalue weighted by Crippen LogP contribution is -2.18. The van der Waals surface area contributed by atoms with Gasteiger partial charge < -0.3 is 4.74 Å². The first-order valence-corrected chi connectivity index (χ1v) is 7.86. The van der Waals surface area contributed by atoms with Crippen molar-refractivity contribution in [2.24, 2.45) is 0 Å². The first-order chi connectivity index (χ1) is 10.9. The molecule has 0 aliphatic carbocycles. The molecule has 1 N–H and O–H groups in total. The van der Waals surface area contributed by atoms with E-state index in [-0.39, 0.29) is 23.3 Å². The number of benzene rings is 1. The Balaban J connectivity index is 2.09. The summed E-state index contributed by atoms with van der Waals surface area (Å²) >= 11 is 1.07. The summed E-state index contributed by atoms with van der Waals surface area (Å²) < 4.78 is 4.63. The Morgan fingerprint density at radius 1 is 1.22 bits per heavy atom. The standard InChI is InChI=1S/C16H16N2O4S/c1-4-22-15(21)13(19)12-8-23-16(17-12)18-14(20)11-6-5-9(2)10(3)7-11/h5-8H,4H2,1-3H3,(H,17,18,20). The molecule has 0 saturated carbocycles. The number of aryl methyl sites for hydroxylation is 2. The quantitative estimate of drug-likeness (QED) is 0.517. The van der Waals surface area contributed by atoms with Gasteiger partial charge in [-0.2, -0.15) is 0 Å². The third-order valence-corrected chi connectivity index (χ3v) is 3.94. The summed E-state index contributed by atoms with van der Waals surface area (Å²) in [7, 11) is 0. The molecule has 23 heavy (non-hydrogen) atoms. The van der Waals surface area contributed by atoms with Gasteiger partial charge in [0.05, 0.1) is 6.61 Å². The van der Waals surface area contributed by atoms with E-state index in [0.29, 0.717) is 5.56 Å². The number of ether oxygens (including phenoxy) is 1. The summed E-state index contributed by atoms with van der Waals surface area (Å²) in [5.41, 5.74) is 2.57. The summed E-state index contributed by atoms with van der Waals surface area (Å²) in [5, 5.41) is 4.28. The Labute approximate surface area is 137 Å². The van der Waals surface area contributed by atoms with Crippen LogP contribution in [0.3, 0.4) is 0 Å². The van der Waals surface area contributed by atoms with Gasteiger partial charge in [0.1, 0.15) is 5.69 Å². The number of nitrogens with zero attached hydrogens (tertiary/aromatic N) is 1. The molecule has 0 bridgehead atoms. The summed E-state index contributed by atoms with van der Waals surface area (Å²) in [6.07, 6.45) is 0. The number of carbonyl (C=O) groups excluding carboxylic acids is 3. The van der Waals surface area contributed by atoms with E-state index in [4.69, 9.17) is 0 Å². The van der Waals surface area contributed by atoms with Crippen molar-refractivity contribution in [3.8, 4) is 0 Å². The zero-order chi connectivity index (χ0) is 17.0. The maximum absolute atomic E-state index is 12.2. The fraction of sp³-hybridized carbons (Fsp3) is 0.250. The Hall–Kier alpha value is -2.54. The highest BCUT2D eigenvalue weighted by molar-refractivity contribution is 7.14. The van der Waals surface area contributed by atoms with Gasteiger partial charge >= 0.3 is 5.97 Å². The monoisotopic (exact) mass is 332 g/mol. The smallest absolute Gasteiger partial charge is 0.381 e. The predicted molar refractivity (Wildman–Crippen MR) is 86.9 cm³/mol. The molecule has 1 amide bonds. The van der Waals surface area contributed by atoms with Crippen LogP contribution in [0.4, 0.5) is 5.13 Å². The molecular weight excluding hydrogens is 316 g/mol. The Bertz CT molecular complexity index is 767. The summed E-state index contributed by atoms with van der Waals surface area (Å²) in [6, 6.07) is 5.36. The largest absolute Gasteiger partial charge is 0.460 e. The van der Waals surface area contributed by atoms with E-state index >= 15 is 0 Å². The van der Waals surface area contributed by atoms with Crippen molar-refractivity contribution in [2.75, 3.05) is 11.9 Å². The maximum atomic E-state index is 12.2. The van der Waals surface area contributed by atoms with Crippen LogP contribution in [0.5, 0.6) is 0 Å². The van der Waals surface area contributed by atoms with Crippen LogP contribution in [0, 0.1) is 13.8 Å². The predicted octanol–water partition coefficient (Wildman–Crippen LogP) is 2.76. The van der Waals surface area contributed by atoms with Crippen molar-refractivity contribution in [1.82, 2.24) is 4.98 Å². The SMILES string of the molecule is CCOC(=O)C(=O)c1csc(NC(=O)c2ccc(C)c(C)c2)n1. The van der Waals surface area contributed by atoms with Gasteiger partial charge in [-0.1, -0.05) is 6.07 Å². The minimum atomic E-state index is -0.954. The molecule has 2 aromatic rings. The topological polar surface area (TPSA) is 85.4 Å². The third-order valence-electron chi connectivity index (χ3n) is 3.19. The maximum Gasteiger partial charge on any atom is 0.381 e. The number of amides is 1. The van der Waals surface area contributed by atoms with Gasteiger partial charge in [-0.05, 0) is 44.0 Å². The summed E-state index contributed by atoms with van der Waals surface area (Å²) in [4.78, 5) is 39.2. The molecule has 0 unspecified atom stereocenters. The number of esters is 1. The molecular formula is C16H16N2O4S. The minimum absolute atomic E-state index is 0.0381. The highest BCUT2D eigenvalue weighted by Crippen LogP contribution is 2.18. The number of rotatable bonds is 5. The van der Waals surface area contributed by atoms with E-state index in [2.05, 4.69) is 15.0 Å². The number of anilines is 1. The van der Waals surface area contributed by atoms with Gasteiger partial charge in [-0.25, -0.2) is 9.78 Å². The van der Waals surface area contributed by atoms with Gasteiger partial charge in [0.25, 0.3) is 11.7 Å². The van der Waals surface area contributed by atoms with E-state index in [9.17, 15) is 14.4 Å². The van der Waals surface area contributed by atoms with E-state index in [1.54, 1.807) is 19.1 Å². The lowest BCUT2D eigenvalue weighted by Gasteiger charge is -2.04. The van der Waals surface area contributed by atoms with Gasteiger partial charge in [0.15, 0.2) is 5.13 Å². The van der Waals surface area contributed by atoms with Gasteiger partial charge in [0.2, 0.25) is 0 Å². The van der Waals surface area contributed by atoms with Gasteiger partial charge in [0, 0.05) is 10.9 Å². The number of nitrogens with one attached hydrogen (secondary N) is 1. The molecule has 0 atom stereocenters. The number of thiazole rings is 1. The molecule has 0 aliphatic rings. The summed E-state index contributed by atoms with van der Waals surface area (Å²) in [5.74, 6) is -2.10. The first kappa shape index (κ1) is 16.8. The fourth-order valence-electron chi connectivity index (χ4n) is 1.79. The van der Waals surface area contributed by atoms with Crippen molar-refractivity contribution >= 4 is 34.1 Å². The summed E-state index contributed by atoms with van der Waals surface area (Å²) in [6.45, 7) is 5.61. The van der Waals surface area contributed by atoms with Crippen molar-refractivity contribution in [3.63, 3.8) is 0 Å². The average Bonchev–Trinajstić information content (AvgIpc) is 2.97. The zero-order valence-electron chi connectivity index (χ0n) is 13.0. The van der Waals surface area contributed by atoms with Crippen molar-refractivity contribution in [1.29, 1.82) is 0 Å². The third kappa shape index (κ3) is 4.01. The van der Waals surface area contributed by atoms with Crippen LogP contribution < -0.4 is 5.32 Å². The Morgan fingerprint density at radius 2 is 1.96 bits per heavy atom. The Morgan fingerprint density at radius 3 is 2.61 bits per heavy atom. The molecule has 120 valence electrons. The zero-order valence-corrected chi connectivity index (χ0v) is 13.8. The highest BCUT2D eigenvalue weighted by Gasteiger charge is 2.21. The van der Waals surface area contributed by atoms with Crippen LogP contribution in [0.2, 0.25) is 0 Å². The number of hydrogen-bond acceptors (Lipinski definition) is 6. The van der Waals surface area contributed by atoms with E-state index < -0.39 is 11.8 Å². The normalized spacial score (nSPS) is 10.2. The van der Waals surface area contributed by atoms with Crippen LogP contribution in [0.15, 0.2) is 23.6 Å². The molecule has 0 aliphatic heterocycles. The Kier molecular flexibility index (Phi) is 5.23. The minimum Gasteiger partial charge on any atom is -0.460 e. The van der Waals surface area contributed by atoms with Crippen LogP contribution in [0.25, 0.3) is 0 Å². The van der Waals surface area contributed by atoms with E-state index in [0.717, 1.165) is 22.5 Å². The number of Topliss-reactive ketones (excluding diaryl/α,β-unsaturated/α-hetero) is 1. The molecule has 1 heterocycles. The number of hydrogen-bond donors (Lipinski definition) is 1. The molecule has 2 rings (SSSR count). The van der Waals surface area contributed by atoms with Crippen LogP contribution in [0.1, 0.15) is 38.9 Å².